The van der Waals surface area contributed by atoms with Crippen molar-refractivity contribution >= 4 is 11.8 Å². The van der Waals surface area contributed by atoms with Crippen LogP contribution in [-0.4, -0.2) is 79.1 Å². The van der Waals surface area contributed by atoms with Crippen molar-refractivity contribution < 1.29 is 18.7 Å². The van der Waals surface area contributed by atoms with E-state index < -0.39 is 5.82 Å². The smallest absolute Gasteiger partial charge is 0.256 e. The molecule has 0 bridgehead atoms. The molecule has 8 heteroatoms. The molecule has 1 aromatic heterocycles. The highest BCUT2D eigenvalue weighted by Crippen LogP contribution is 2.25. The summed E-state index contributed by atoms with van der Waals surface area (Å²) in [4.78, 5) is 32.7. The SMILES string of the molecule is COCCNC(=O)C1CCCN(C2CCN(C(=O)c3ccncc3F)CC2)C1. The highest BCUT2D eigenvalue weighted by atomic mass is 19.1. The number of aromatic nitrogens is 1. The van der Waals surface area contributed by atoms with Crippen LogP contribution in [0.4, 0.5) is 4.39 Å². The zero-order valence-corrected chi connectivity index (χ0v) is 16.4. The summed E-state index contributed by atoms with van der Waals surface area (Å²) in [6.45, 7) is 4.01. The number of nitrogens with zero attached hydrogens (tertiary/aromatic N) is 3. The Morgan fingerprint density at radius 2 is 2.07 bits per heavy atom. The third-order valence-electron chi connectivity index (χ3n) is 5.70. The molecule has 3 rings (SSSR count). The van der Waals surface area contributed by atoms with E-state index in [1.54, 1.807) is 12.0 Å². The first-order valence-corrected chi connectivity index (χ1v) is 9.99. The number of pyridine rings is 1. The maximum Gasteiger partial charge on any atom is 0.256 e. The van der Waals surface area contributed by atoms with Gasteiger partial charge in [0.15, 0.2) is 5.82 Å². The van der Waals surface area contributed by atoms with Crippen molar-refractivity contribution in [2.24, 2.45) is 5.92 Å². The van der Waals surface area contributed by atoms with Gasteiger partial charge in [-0.05, 0) is 38.3 Å². The Balaban J connectivity index is 1.49. The number of hydrogen-bond donors (Lipinski definition) is 1. The molecule has 2 saturated heterocycles. The summed E-state index contributed by atoms with van der Waals surface area (Å²) in [6, 6.07) is 1.79. The maximum absolute atomic E-state index is 13.8. The number of carbonyl (C=O) groups excluding carboxylic acids is 2. The number of likely N-dealkylation sites (tertiary alicyclic amines) is 2. The highest BCUT2D eigenvalue weighted by Gasteiger charge is 2.33. The molecule has 2 aliphatic rings. The van der Waals surface area contributed by atoms with E-state index >= 15 is 0 Å². The first-order chi connectivity index (χ1) is 13.6. The predicted octanol–water partition coefficient (Wildman–Crippen LogP) is 1.30. The fraction of sp³-hybridized carbons (Fsp3) is 0.650. The van der Waals surface area contributed by atoms with Gasteiger partial charge in [0.05, 0.1) is 24.3 Å². The molecular formula is C20H29FN4O3. The van der Waals surface area contributed by atoms with Gasteiger partial charge in [-0.25, -0.2) is 4.39 Å². The topological polar surface area (TPSA) is 74.8 Å². The third-order valence-corrected chi connectivity index (χ3v) is 5.70. The Hall–Kier alpha value is -2.06. The molecule has 2 amide bonds. The number of methoxy groups -OCH3 is 1. The van der Waals surface area contributed by atoms with Crippen molar-refractivity contribution in [3.05, 3.63) is 29.8 Å². The van der Waals surface area contributed by atoms with Crippen LogP contribution in [0.3, 0.4) is 0 Å². The average Bonchev–Trinajstić information content (AvgIpc) is 2.74. The van der Waals surface area contributed by atoms with Crippen molar-refractivity contribution in [3.8, 4) is 0 Å². The molecule has 2 aliphatic heterocycles. The second-order valence-corrected chi connectivity index (χ2v) is 7.50. The normalized spacial score (nSPS) is 21.5. The van der Waals surface area contributed by atoms with Crippen LogP contribution in [0.5, 0.6) is 0 Å². The molecule has 7 nitrogen and oxygen atoms in total. The van der Waals surface area contributed by atoms with Gasteiger partial charge in [-0.3, -0.25) is 19.5 Å². The van der Waals surface area contributed by atoms with Gasteiger partial charge in [0.1, 0.15) is 0 Å². The zero-order chi connectivity index (χ0) is 19.9. The van der Waals surface area contributed by atoms with Crippen molar-refractivity contribution in [2.45, 2.75) is 31.7 Å². The second-order valence-electron chi connectivity index (χ2n) is 7.50. The van der Waals surface area contributed by atoms with Gasteiger partial charge in [0.2, 0.25) is 5.91 Å². The minimum atomic E-state index is -0.576. The predicted molar refractivity (Wildman–Crippen MR) is 102 cm³/mol. The molecular weight excluding hydrogens is 363 g/mol. The van der Waals surface area contributed by atoms with E-state index in [1.807, 2.05) is 0 Å². The summed E-state index contributed by atoms with van der Waals surface area (Å²) in [5, 5.41) is 2.94. The number of piperidine rings is 2. The summed E-state index contributed by atoms with van der Waals surface area (Å²) in [7, 11) is 1.62. The second kappa shape index (κ2) is 9.93. The standard InChI is InChI=1S/C20H29FN4O3/c1-28-12-8-23-19(26)15-3-2-9-25(14-15)16-5-10-24(11-6-16)20(27)17-4-7-22-13-18(17)21/h4,7,13,15-16H,2-3,5-6,8-12,14H2,1H3,(H,23,26). The lowest BCUT2D eigenvalue weighted by molar-refractivity contribution is -0.127. The van der Waals surface area contributed by atoms with Gasteiger partial charge in [0.25, 0.3) is 5.91 Å². The fourth-order valence-electron chi connectivity index (χ4n) is 4.13. The summed E-state index contributed by atoms with van der Waals surface area (Å²) in [5.41, 5.74) is 0.0826. The number of carbonyl (C=O) groups is 2. The van der Waals surface area contributed by atoms with Crippen LogP contribution in [0.2, 0.25) is 0 Å². The van der Waals surface area contributed by atoms with Crippen LogP contribution < -0.4 is 5.32 Å². The average molecular weight is 392 g/mol. The van der Waals surface area contributed by atoms with Crippen molar-refractivity contribution in [3.63, 3.8) is 0 Å². The molecule has 0 radical (unpaired) electrons. The molecule has 0 aliphatic carbocycles. The minimum absolute atomic E-state index is 0.0104. The van der Waals surface area contributed by atoms with E-state index in [1.165, 1.54) is 12.3 Å². The third kappa shape index (κ3) is 5.05. The maximum atomic E-state index is 13.8. The van der Waals surface area contributed by atoms with Gasteiger partial charge in [0, 0.05) is 45.5 Å². The van der Waals surface area contributed by atoms with E-state index in [-0.39, 0.29) is 23.3 Å². The number of ether oxygens (including phenoxy) is 1. The van der Waals surface area contributed by atoms with Crippen molar-refractivity contribution in [1.82, 2.24) is 20.1 Å². The summed E-state index contributed by atoms with van der Waals surface area (Å²) < 4.78 is 18.8. The number of rotatable bonds is 6. The fourth-order valence-corrected chi connectivity index (χ4v) is 4.13. The molecule has 154 valence electrons. The van der Waals surface area contributed by atoms with Crippen LogP contribution in [0.1, 0.15) is 36.0 Å². The van der Waals surface area contributed by atoms with Crippen LogP contribution in [0, 0.1) is 11.7 Å². The summed E-state index contributed by atoms with van der Waals surface area (Å²) >= 11 is 0. The van der Waals surface area contributed by atoms with Crippen molar-refractivity contribution in [1.29, 1.82) is 0 Å². The van der Waals surface area contributed by atoms with Gasteiger partial charge in [-0.1, -0.05) is 0 Å². The quantitative estimate of drug-likeness (QED) is 0.739. The van der Waals surface area contributed by atoms with E-state index in [0.29, 0.717) is 32.3 Å². The molecule has 28 heavy (non-hydrogen) atoms. The Kier molecular flexibility index (Phi) is 7.33. The molecule has 1 N–H and O–H groups in total. The number of amides is 2. The van der Waals surface area contributed by atoms with Crippen LogP contribution >= 0.6 is 0 Å². The Labute approximate surface area is 165 Å². The molecule has 1 aromatic rings. The monoisotopic (exact) mass is 392 g/mol. The molecule has 0 saturated carbocycles. The largest absolute Gasteiger partial charge is 0.383 e. The van der Waals surface area contributed by atoms with Crippen LogP contribution in [0.25, 0.3) is 0 Å². The van der Waals surface area contributed by atoms with E-state index in [0.717, 1.165) is 45.0 Å². The lowest BCUT2D eigenvalue weighted by Crippen LogP contribution is -2.51. The van der Waals surface area contributed by atoms with Gasteiger partial charge in [-0.2, -0.15) is 0 Å². The van der Waals surface area contributed by atoms with Gasteiger partial charge in [-0.15, -0.1) is 0 Å². The Morgan fingerprint density at radius 3 is 2.79 bits per heavy atom. The van der Waals surface area contributed by atoms with Crippen molar-refractivity contribution in [2.75, 3.05) is 46.4 Å². The number of nitrogens with one attached hydrogen (secondary N) is 1. The van der Waals surface area contributed by atoms with Gasteiger partial charge < -0.3 is 15.0 Å². The zero-order valence-electron chi connectivity index (χ0n) is 16.4. The molecule has 1 unspecified atom stereocenters. The van der Waals surface area contributed by atoms with Crippen LogP contribution in [-0.2, 0) is 9.53 Å². The van der Waals surface area contributed by atoms with Gasteiger partial charge >= 0.3 is 0 Å². The van der Waals surface area contributed by atoms with E-state index in [2.05, 4.69) is 15.2 Å². The first kappa shape index (κ1) is 20.7. The molecule has 3 heterocycles. The lowest BCUT2D eigenvalue weighted by atomic mass is 9.93. The molecule has 0 spiro atoms. The number of halogens is 1. The van der Waals surface area contributed by atoms with Crippen LogP contribution in [0.15, 0.2) is 18.5 Å². The molecule has 0 aromatic carbocycles. The Morgan fingerprint density at radius 1 is 1.29 bits per heavy atom. The minimum Gasteiger partial charge on any atom is -0.383 e. The highest BCUT2D eigenvalue weighted by molar-refractivity contribution is 5.94. The summed E-state index contributed by atoms with van der Waals surface area (Å²) in [6.07, 6.45) is 6.12. The molecule has 2 fully saturated rings. The first-order valence-electron chi connectivity index (χ1n) is 9.99. The number of hydrogen-bond acceptors (Lipinski definition) is 5. The molecule has 1 atom stereocenters. The van der Waals surface area contributed by atoms with E-state index in [9.17, 15) is 14.0 Å². The van der Waals surface area contributed by atoms with E-state index in [4.69, 9.17) is 4.74 Å². The lowest BCUT2D eigenvalue weighted by Gasteiger charge is -2.42. The Bertz CT molecular complexity index is 679. The summed E-state index contributed by atoms with van der Waals surface area (Å²) in [5.74, 6) is -0.737.